The lowest BCUT2D eigenvalue weighted by Crippen LogP contribution is -2.25. The molecule has 1 aromatic carbocycles. The molecule has 0 aliphatic heterocycles. The molecule has 0 aliphatic carbocycles. The Morgan fingerprint density at radius 3 is 2.55 bits per heavy atom. The van der Waals surface area contributed by atoms with Crippen LogP contribution in [0.4, 0.5) is 15.8 Å². The fourth-order valence-electron chi connectivity index (χ4n) is 1.58. The molecular weight excluding hydrogens is 259 g/mol. The summed E-state index contributed by atoms with van der Waals surface area (Å²) in [5.41, 5.74) is 6.24. The van der Waals surface area contributed by atoms with Crippen molar-refractivity contribution in [2.24, 2.45) is 11.3 Å². The number of hydrogen-bond donors (Lipinski definition) is 2. The van der Waals surface area contributed by atoms with Crippen molar-refractivity contribution >= 4 is 17.3 Å². The number of carbonyl (C=O) groups excluding carboxylic acids is 1. The predicted molar refractivity (Wildman–Crippen MR) is 79.3 cm³/mol. The molecule has 1 rings (SSSR count). The van der Waals surface area contributed by atoms with Crippen molar-refractivity contribution in [3.63, 3.8) is 0 Å². The molecule has 5 heteroatoms. The Morgan fingerprint density at radius 1 is 1.45 bits per heavy atom. The molecule has 20 heavy (non-hydrogen) atoms. The lowest BCUT2D eigenvalue weighted by molar-refractivity contribution is 0.0602. The maximum absolute atomic E-state index is 13.9. The van der Waals surface area contributed by atoms with Gasteiger partial charge in [-0.25, -0.2) is 9.18 Å². The second kappa shape index (κ2) is 6.11. The molecule has 0 saturated carbocycles. The number of ether oxygens (including phenoxy) is 1. The van der Waals surface area contributed by atoms with E-state index < -0.39 is 11.8 Å². The van der Waals surface area contributed by atoms with Crippen molar-refractivity contribution in [3.05, 3.63) is 23.5 Å². The van der Waals surface area contributed by atoms with Crippen LogP contribution < -0.4 is 11.1 Å². The summed E-state index contributed by atoms with van der Waals surface area (Å²) in [7, 11) is 1.26. The highest BCUT2D eigenvalue weighted by atomic mass is 19.1. The van der Waals surface area contributed by atoms with Crippen LogP contribution in [0.15, 0.2) is 12.1 Å². The molecule has 0 radical (unpaired) electrons. The van der Waals surface area contributed by atoms with Gasteiger partial charge in [0.05, 0.1) is 18.4 Å². The highest BCUT2D eigenvalue weighted by molar-refractivity contribution is 5.96. The third kappa shape index (κ3) is 3.85. The summed E-state index contributed by atoms with van der Waals surface area (Å²) in [6.07, 6.45) is 0. The van der Waals surface area contributed by atoms with Crippen LogP contribution >= 0.6 is 0 Å². The second-order valence-corrected chi connectivity index (χ2v) is 6.06. The van der Waals surface area contributed by atoms with Crippen molar-refractivity contribution in [2.75, 3.05) is 24.7 Å². The fourth-order valence-corrected chi connectivity index (χ4v) is 1.58. The Bertz CT molecular complexity index is 495. The van der Waals surface area contributed by atoms with Gasteiger partial charge in [-0.1, -0.05) is 27.7 Å². The van der Waals surface area contributed by atoms with E-state index in [1.807, 2.05) is 0 Å². The molecule has 1 atom stereocenters. The maximum Gasteiger partial charge on any atom is 0.340 e. The van der Waals surface area contributed by atoms with E-state index in [2.05, 4.69) is 37.7 Å². The molecule has 0 aromatic heterocycles. The van der Waals surface area contributed by atoms with Gasteiger partial charge in [-0.3, -0.25) is 0 Å². The van der Waals surface area contributed by atoms with Crippen LogP contribution in [0.1, 0.15) is 38.1 Å². The lowest BCUT2D eigenvalue weighted by Gasteiger charge is -2.27. The van der Waals surface area contributed by atoms with Gasteiger partial charge in [0.2, 0.25) is 0 Å². The summed E-state index contributed by atoms with van der Waals surface area (Å²) in [5.74, 6) is -0.716. The van der Waals surface area contributed by atoms with E-state index >= 15 is 0 Å². The van der Waals surface area contributed by atoms with Crippen LogP contribution in [0.3, 0.4) is 0 Å². The minimum Gasteiger partial charge on any atom is -0.465 e. The average Bonchev–Trinajstić information content (AvgIpc) is 2.35. The van der Waals surface area contributed by atoms with Crippen LogP contribution in [0.2, 0.25) is 0 Å². The third-order valence-electron chi connectivity index (χ3n) is 3.62. The molecule has 0 heterocycles. The van der Waals surface area contributed by atoms with Gasteiger partial charge >= 0.3 is 5.97 Å². The first-order valence-corrected chi connectivity index (χ1v) is 6.58. The van der Waals surface area contributed by atoms with E-state index in [1.165, 1.54) is 13.2 Å². The molecule has 4 nitrogen and oxygen atoms in total. The molecule has 1 aromatic rings. The number of nitrogen functional groups attached to an aromatic ring is 1. The number of nitrogens with one attached hydrogen (secondary N) is 1. The molecule has 0 aliphatic rings. The summed E-state index contributed by atoms with van der Waals surface area (Å²) < 4.78 is 18.5. The Hall–Kier alpha value is -1.78. The van der Waals surface area contributed by atoms with Crippen molar-refractivity contribution in [3.8, 4) is 0 Å². The largest absolute Gasteiger partial charge is 0.465 e. The Balaban J connectivity index is 2.93. The molecule has 112 valence electrons. The predicted octanol–water partition coefficient (Wildman–Crippen LogP) is 3.29. The highest BCUT2D eigenvalue weighted by Crippen LogP contribution is 2.27. The SMILES string of the molecule is COC(=O)c1cc(NCC(C)C(C)(C)C)c(F)cc1N. The molecular formula is C15H23FN2O2. The zero-order chi connectivity index (χ0) is 15.5. The summed E-state index contributed by atoms with van der Waals surface area (Å²) in [6.45, 7) is 9.06. The number of esters is 1. The van der Waals surface area contributed by atoms with E-state index in [4.69, 9.17) is 5.73 Å². The first kappa shape index (κ1) is 16.3. The van der Waals surface area contributed by atoms with Gasteiger partial charge in [-0.05, 0) is 23.5 Å². The minimum absolute atomic E-state index is 0.0729. The number of halogens is 1. The van der Waals surface area contributed by atoms with E-state index in [-0.39, 0.29) is 22.4 Å². The van der Waals surface area contributed by atoms with Crippen LogP contribution in [-0.2, 0) is 4.74 Å². The van der Waals surface area contributed by atoms with Gasteiger partial charge < -0.3 is 15.8 Å². The number of carbonyl (C=O) groups is 1. The molecule has 3 N–H and O–H groups in total. The van der Waals surface area contributed by atoms with Crippen LogP contribution in [0, 0.1) is 17.2 Å². The van der Waals surface area contributed by atoms with E-state index in [9.17, 15) is 9.18 Å². The summed E-state index contributed by atoms with van der Waals surface area (Å²) in [4.78, 5) is 11.5. The number of rotatable bonds is 4. The molecule has 0 spiro atoms. The summed E-state index contributed by atoms with van der Waals surface area (Å²) >= 11 is 0. The van der Waals surface area contributed by atoms with Gasteiger partial charge in [0.1, 0.15) is 5.82 Å². The average molecular weight is 282 g/mol. The lowest BCUT2D eigenvalue weighted by atomic mass is 9.82. The first-order valence-electron chi connectivity index (χ1n) is 6.58. The van der Waals surface area contributed by atoms with Gasteiger partial charge in [-0.15, -0.1) is 0 Å². The summed E-state index contributed by atoms with van der Waals surface area (Å²) in [5, 5.41) is 3.03. The topological polar surface area (TPSA) is 64.3 Å². The normalized spacial score (nSPS) is 12.9. The smallest absolute Gasteiger partial charge is 0.340 e. The van der Waals surface area contributed by atoms with Gasteiger partial charge in [0.15, 0.2) is 0 Å². The molecule has 0 saturated heterocycles. The highest BCUT2D eigenvalue weighted by Gasteiger charge is 2.21. The standard InChI is InChI=1S/C15H23FN2O2/c1-9(15(2,3)4)8-18-13-6-10(14(19)20-5)12(17)7-11(13)16/h6-7,9,18H,8,17H2,1-5H3. The fraction of sp³-hybridized carbons (Fsp3) is 0.533. The number of nitrogens with two attached hydrogens (primary N) is 1. The molecule has 1 unspecified atom stereocenters. The second-order valence-electron chi connectivity index (χ2n) is 6.06. The van der Waals surface area contributed by atoms with E-state index in [0.717, 1.165) is 6.07 Å². The Kier molecular flexibility index (Phi) is 4.98. The van der Waals surface area contributed by atoms with E-state index in [1.54, 1.807) is 0 Å². The van der Waals surface area contributed by atoms with Crippen LogP contribution in [0.25, 0.3) is 0 Å². The number of anilines is 2. The quantitative estimate of drug-likeness (QED) is 0.657. The minimum atomic E-state index is -0.575. The van der Waals surface area contributed by atoms with Crippen molar-refractivity contribution in [2.45, 2.75) is 27.7 Å². The van der Waals surface area contributed by atoms with Crippen molar-refractivity contribution in [1.82, 2.24) is 0 Å². The van der Waals surface area contributed by atoms with Gasteiger partial charge in [0, 0.05) is 12.2 Å². The maximum atomic E-state index is 13.9. The Labute approximate surface area is 119 Å². The summed E-state index contributed by atoms with van der Waals surface area (Å²) in [6, 6.07) is 2.53. The molecule has 0 amide bonds. The number of hydrogen-bond acceptors (Lipinski definition) is 4. The number of methoxy groups -OCH3 is 1. The molecule has 0 bridgehead atoms. The third-order valence-corrected chi connectivity index (χ3v) is 3.62. The number of benzene rings is 1. The van der Waals surface area contributed by atoms with Gasteiger partial charge in [-0.2, -0.15) is 0 Å². The van der Waals surface area contributed by atoms with Gasteiger partial charge in [0.25, 0.3) is 0 Å². The first-order chi connectivity index (χ1) is 9.16. The zero-order valence-corrected chi connectivity index (χ0v) is 12.7. The van der Waals surface area contributed by atoms with Crippen LogP contribution in [0.5, 0.6) is 0 Å². The zero-order valence-electron chi connectivity index (χ0n) is 12.7. The monoisotopic (exact) mass is 282 g/mol. The Morgan fingerprint density at radius 2 is 2.05 bits per heavy atom. The van der Waals surface area contributed by atoms with Crippen molar-refractivity contribution < 1.29 is 13.9 Å². The van der Waals surface area contributed by atoms with Crippen molar-refractivity contribution in [1.29, 1.82) is 0 Å². The van der Waals surface area contributed by atoms with E-state index in [0.29, 0.717) is 12.5 Å². The van der Waals surface area contributed by atoms with Crippen LogP contribution in [-0.4, -0.2) is 19.6 Å². The molecule has 0 fully saturated rings.